The number of amides is 4. The number of rotatable bonds is 16. The van der Waals surface area contributed by atoms with Crippen LogP contribution >= 0.6 is 0 Å². The van der Waals surface area contributed by atoms with Crippen molar-refractivity contribution in [3.8, 4) is 0 Å². The van der Waals surface area contributed by atoms with Crippen LogP contribution in [0.2, 0.25) is 0 Å². The van der Waals surface area contributed by atoms with Gasteiger partial charge in [-0.15, -0.1) is 0 Å². The number of hydrogen-bond donors (Lipinski definition) is 8. The van der Waals surface area contributed by atoms with Crippen LogP contribution < -0.4 is 21.3 Å². The first-order chi connectivity index (χ1) is 20.7. The molecule has 248 valence electrons. The van der Waals surface area contributed by atoms with E-state index in [0.717, 1.165) is 0 Å². The number of aliphatic carboxylic acids is 4. The zero-order valence-electron chi connectivity index (χ0n) is 24.2. The Morgan fingerprint density at radius 3 is 0.659 bits per heavy atom. The second-order valence-electron chi connectivity index (χ2n) is 9.79. The van der Waals surface area contributed by atoms with Crippen molar-refractivity contribution >= 4 is 47.5 Å². The van der Waals surface area contributed by atoms with E-state index in [4.69, 9.17) is 20.4 Å². The number of nitrogens with one attached hydrogen (secondary N) is 4. The Morgan fingerprint density at radius 1 is 0.364 bits per heavy atom. The summed E-state index contributed by atoms with van der Waals surface area (Å²) in [7, 11) is 0. The molecule has 0 aromatic rings. The molecule has 0 aromatic heterocycles. The van der Waals surface area contributed by atoms with E-state index in [1.807, 2.05) is 0 Å². The number of nitrogens with zero attached hydrogens (tertiary/aromatic N) is 4. The molecule has 0 aliphatic carbocycles. The van der Waals surface area contributed by atoms with Crippen LogP contribution in [-0.2, 0) is 38.4 Å². The summed E-state index contributed by atoms with van der Waals surface area (Å²) < 4.78 is 0. The number of carbonyl (C=O) groups is 8. The van der Waals surface area contributed by atoms with Crippen molar-refractivity contribution in [2.45, 2.75) is 0 Å². The molecule has 1 aliphatic rings. The van der Waals surface area contributed by atoms with Gasteiger partial charge in [-0.3, -0.25) is 58.0 Å². The van der Waals surface area contributed by atoms with Crippen molar-refractivity contribution in [2.24, 2.45) is 0 Å². The predicted molar refractivity (Wildman–Crippen MR) is 148 cm³/mol. The Morgan fingerprint density at radius 2 is 0.523 bits per heavy atom. The van der Waals surface area contributed by atoms with Crippen LogP contribution in [0, 0.1) is 0 Å². The highest BCUT2D eigenvalue weighted by Crippen LogP contribution is 2.02. The standard InChI is InChI=1S/C24H40N8O12/c33-17(25-9-21(37)38)13-29-1-2-30(14-18(34)26-10-22(39)40)5-6-32(16-20(36)28-12-24(43)44)8-7-31(4-3-29)15-19(35)27-11-23(41)42/h1-16H2,(H,25,33)(H,26,34)(H,27,35)(H,28,36)(H,37,38)(H,39,40)(H,41,42)(H,43,44). The zero-order chi connectivity index (χ0) is 33.1. The lowest BCUT2D eigenvalue weighted by Crippen LogP contribution is -2.52. The number of carboxylic acid groups (broad SMARTS) is 4. The molecule has 1 aliphatic heterocycles. The minimum absolute atomic E-state index is 0.199. The van der Waals surface area contributed by atoms with Gasteiger partial charge in [0.15, 0.2) is 0 Å². The first-order valence-electron chi connectivity index (χ1n) is 13.6. The molecule has 0 unspecified atom stereocenters. The largest absolute Gasteiger partial charge is 0.480 e. The minimum atomic E-state index is -1.23. The van der Waals surface area contributed by atoms with Crippen LogP contribution in [0.1, 0.15) is 0 Å². The van der Waals surface area contributed by atoms with Gasteiger partial charge >= 0.3 is 23.9 Å². The molecule has 4 amide bonds. The highest BCUT2D eigenvalue weighted by atomic mass is 16.4. The van der Waals surface area contributed by atoms with Crippen LogP contribution in [0.3, 0.4) is 0 Å². The van der Waals surface area contributed by atoms with Crippen LogP contribution in [0.4, 0.5) is 0 Å². The van der Waals surface area contributed by atoms with E-state index in [9.17, 15) is 38.4 Å². The lowest BCUT2D eigenvalue weighted by atomic mass is 10.3. The van der Waals surface area contributed by atoms with Gasteiger partial charge in [0.2, 0.25) is 23.6 Å². The molecular formula is C24H40N8O12. The van der Waals surface area contributed by atoms with Crippen molar-refractivity contribution in [1.29, 1.82) is 0 Å². The number of hydrogen-bond acceptors (Lipinski definition) is 12. The normalized spacial score (nSPS) is 16.0. The predicted octanol–water partition coefficient (Wildman–Crippen LogP) is -5.99. The maximum Gasteiger partial charge on any atom is 0.322 e. The number of carbonyl (C=O) groups excluding carboxylic acids is 4. The summed E-state index contributed by atoms with van der Waals surface area (Å²) in [4.78, 5) is 99.6. The van der Waals surface area contributed by atoms with E-state index in [2.05, 4.69) is 21.3 Å². The Balaban J connectivity index is 3.13. The van der Waals surface area contributed by atoms with Gasteiger partial charge in [-0.2, -0.15) is 0 Å². The van der Waals surface area contributed by atoms with Crippen molar-refractivity contribution in [3.05, 3.63) is 0 Å². The molecule has 44 heavy (non-hydrogen) atoms. The smallest absolute Gasteiger partial charge is 0.322 e. The summed E-state index contributed by atoms with van der Waals surface area (Å²) in [6, 6.07) is 0. The Labute approximate surface area is 252 Å². The summed E-state index contributed by atoms with van der Waals surface area (Å²) in [6.45, 7) is -1.59. The third-order valence-corrected chi connectivity index (χ3v) is 6.15. The zero-order valence-corrected chi connectivity index (χ0v) is 24.2. The Bertz CT molecular complexity index is 867. The quantitative estimate of drug-likeness (QED) is 0.0786. The van der Waals surface area contributed by atoms with Gasteiger partial charge in [0, 0.05) is 52.4 Å². The van der Waals surface area contributed by atoms with E-state index >= 15 is 0 Å². The van der Waals surface area contributed by atoms with E-state index in [0.29, 0.717) is 0 Å². The van der Waals surface area contributed by atoms with Gasteiger partial charge < -0.3 is 41.7 Å². The van der Waals surface area contributed by atoms with Crippen molar-refractivity contribution in [3.63, 3.8) is 0 Å². The average Bonchev–Trinajstić information content (AvgIpc) is 2.93. The minimum Gasteiger partial charge on any atom is -0.480 e. The van der Waals surface area contributed by atoms with Gasteiger partial charge in [0.25, 0.3) is 0 Å². The molecule has 8 N–H and O–H groups in total. The van der Waals surface area contributed by atoms with Gasteiger partial charge in [0.1, 0.15) is 26.2 Å². The highest BCUT2D eigenvalue weighted by Gasteiger charge is 2.22. The van der Waals surface area contributed by atoms with E-state index in [1.54, 1.807) is 19.6 Å². The average molecular weight is 633 g/mol. The van der Waals surface area contributed by atoms with E-state index < -0.39 is 73.7 Å². The molecule has 1 heterocycles. The Kier molecular flexibility index (Phi) is 17.5. The van der Waals surface area contributed by atoms with Crippen molar-refractivity contribution in [1.82, 2.24) is 40.9 Å². The Hall–Kier alpha value is -4.40. The maximum atomic E-state index is 12.4. The fraction of sp³-hybridized carbons (Fsp3) is 0.667. The molecule has 0 bridgehead atoms. The molecule has 0 spiro atoms. The summed E-state index contributed by atoms with van der Waals surface area (Å²) >= 11 is 0. The van der Waals surface area contributed by atoms with E-state index in [1.165, 1.54) is 0 Å². The van der Waals surface area contributed by atoms with E-state index in [-0.39, 0.29) is 78.5 Å². The first kappa shape index (κ1) is 37.6. The summed E-state index contributed by atoms with van der Waals surface area (Å²) in [5, 5.41) is 44.5. The third kappa shape index (κ3) is 18.9. The molecule has 0 saturated carbocycles. The van der Waals surface area contributed by atoms with Gasteiger partial charge in [-0.05, 0) is 0 Å². The second kappa shape index (κ2) is 20.5. The molecule has 0 radical (unpaired) electrons. The topological polar surface area (TPSA) is 279 Å². The molecule has 20 nitrogen and oxygen atoms in total. The molecule has 0 atom stereocenters. The fourth-order valence-corrected chi connectivity index (χ4v) is 3.94. The van der Waals surface area contributed by atoms with Crippen LogP contribution in [0.25, 0.3) is 0 Å². The maximum absolute atomic E-state index is 12.4. The number of carboxylic acids is 4. The summed E-state index contributed by atoms with van der Waals surface area (Å²) in [5.41, 5.74) is 0. The summed E-state index contributed by atoms with van der Waals surface area (Å²) in [5.74, 6) is -7.22. The van der Waals surface area contributed by atoms with Gasteiger partial charge in [-0.25, -0.2) is 0 Å². The molecule has 1 fully saturated rings. The molecule has 0 aromatic carbocycles. The van der Waals surface area contributed by atoms with Crippen LogP contribution in [-0.4, -0.2) is 192 Å². The lowest BCUT2D eigenvalue weighted by molar-refractivity contribution is -0.138. The van der Waals surface area contributed by atoms with Crippen molar-refractivity contribution < 1.29 is 58.8 Å². The monoisotopic (exact) mass is 632 g/mol. The third-order valence-electron chi connectivity index (χ3n) is 6.15. The first-order valence-corrected chi connectivity index (χ1v) is 13.6. The summed E-state index contributed by atoms with van der Waals surface area (Å²) in [6.07, 6.45) is 0. The molecule has 1 saturated heterocycles. The van der Waals surface area contributed by atoms with Crippen LogP contribution in [0.5, 0.6) is 0 Å². The van der Waals surface area contributed by atoms with Gasteiger partial charge in [-0.1, -0.05) is 0 Å². The SMILES string of the molecule is O=C(O)CNC(=O)CN1CCN(CC(=O)NCC(=O)O)CCN(CC(=O)NCC(=O)O)CCN(CC(=O)NCC(=O)O)CC1. The molecule has 1 rings (SSSR count). The van der Waals surface area contributed by atoms with Crippen molar-refractivity contribution in [2.75, 3.05) is 105 Å². The molecule has 20 heteroatoms. The highest BCUT2D eigenvalue weighted by molar-refractivity contribution is 5.84. The van der Waals surface area contributed by atoms with Gasteiger partial charge in [0.05, 0.1) is 26.2 Å². The fourth-order valence-electron chi connectivity index (χ4n) is 3.94. The second-order valence-corrected chi connectivity index (χ2v) is 9.79. The lowest BCUT2D eigenvalue weighted by Gasteiger charge is -2.33. The molecular weight excluding hydrogens is 592 g/mol. The van der Waals surface area contributed by atoms with Crippen LogP contribution in [0.15, 0.2) is 0 Å².